The first-order valence-corrected chi connectivity index (χ1v) is 5.86. The van der Waals surface area contributed by atoms with Gasteiger partial charge in [0.1, 0.15) is 0 Å². The zero-order valence-electron chi connectivity index (χ0n) is 9.28. The van der Waals surface area contributed by atoms with Gasteiger partial charge in [0, 0.05) is 23.6 Å². The summed E-state index contributed by atoms with van der Waals surface area (Å²) in [7, 11) is 0. The van der Waals surface area contributed by atoms with Crippen LogP contribution in [0.15, 0.2) is 24.3 Å². The molecule has 0 bridgehead atoms. The van der Waals surface area contributed by atoms with Crippen LogP contribution in [-0.4, -0.2) is 19.3 Å². The highest BCUT2D eigenvalue weighted by Crippen LogP contribution is 2.37. The Bertz CT molecular complexity index is 355. The highest BCUT2D eigenvalue weighted by molar-refractivity contribution is 6.30. The monoisotopic (exact) mass is 241 g/mol. The molecule has 2 atom stereocenters. The van der Waals surface area contributed by atoms with Crippen molar-refractivity contribution in [3.8, 4) is 0 Å². The normalized spacial score (nSPS) is 29.6. The third-order valence-electron chi connectivity index (χ3n) is 2.87. The number of nitrogens with two attached hydrogens (primary N) is 1. The maximum absolute atomic E-state index is 5.88. The van der Waals surface area contributed by atoms with E-state index in [1.54, 1.807) is 0 Å². The molecule has 16 heavy (non-hydrogen) atoms. The van der Waals surface area contributed by atoms with Crippen LogP contribution in [0.2, 0.25) is 5.02 Å². The van der Waals surface area contributed by atoms with Gasteiger partial charge in [0.15, 0.2) is 5.79 Å². The minimum absolute atomic E-state index is 0.0179. The summed E-state index contributed by atoms with van der Waals surface area (Å²) in [6.45, 7) is 3.07. The summed E-state index contributed by atoms with van der Waals surface area (Å²) >= 11 is 5.86. The van der Waals surface area contributed by atoms with Gasteiger partial charge in [-0.3, -0.25) is 0 Å². The summed E-state index contributed by atoms with van der Waals surface area (Å²) in [5.74, 6) is -0.644. The van der Waals surface area contributed by atoms with E-state index in [4.69, 9.17) is 26.8 Å². The highest BCUT2D eigenvalue weighted by atomic mass is 35.5. The summed E-state index contributed by atoms with van der Waals surface area (Å²) < 4.78 is 11.7. The fourth-order valence-electron chi connectivity index (χ4n) is 1.93. The molecule has 3 nitrogen and oxygen atoms in total. The van der Waals surface area contributed by atoms with E-state index in [2.05, 4.69) is 0 Å². The quantitative estimate of drug-likeness (QED) is 0.883. The number of ether oxygens (including phenoxy) is 2. The van der Waals surface area contributed by atoms with Gasteiger partial charge in [-0.25, -0.2) is 0 Å². The fourth-order valence-corrected chi connectivity index (χ4v) is 2.05. The lowest BCUT2D eigenvalue weighted by atomic mass is 10.0. The van der Waals surface area contributed by atoms with Crippen LogP contribution in [0.5, 0.6) is 0 Å². The van der Waals surface area contributed by atoms with Gasteiger partial charge in [0.25, 0.3) is 0 Å². The topological polar surface area (TPSA) is 44.5 Å². The van der Waals surface area contributed by atoms with Crippen LogP contribution in [0, 0.1) is 0 Å². The van der Waals surface area contributed by atoms with Crippen molar-refractivity contribution in [3.05, 3.63) is 34.9 Å². The molecule has 88 valence electrons. The van der Waals surface area contributed by atoms with Crippen molar-refractivity contribution in [3.63, 3.8) is 0 Å². The Morgan fingerprint density at radius 2 is 2.12 bits per heavy atom. The summed E-state index contributed by atoms with van der Waals surface area (Å²) in [5, 5.41) is 0.711. The molecule has 0 saturated carbocycles. The van der Waals surface area contributed by atoms with Crippen LogP contribution < -0.4 is 5.73 Å². The third-order valence-corrected chi connectivity index (χ3v) is 3.12. The predicted octanol–water partition coefficient (Wildman–Crippen LogP) is 2.28. The lowest BCUT2D eigenvalue weighted by molar-refractivity contribution is -0.177. The summed E-state index contributed by atoms with van der Waals surface area (Å²) in [5.41, 5.74) is 6.58. The molecule has 0 amide bonds. The van der Waals surface area contributed by atoms with E-state index in [-0.39, 0.29) is 6.10 Å². The Balaban J connectivity index is 2.25. The molecule has 1 aromatic rings. The van der Waals surface area contributed by atoms with E-state index < -0.39 is 5.79 Å². The van der Waals surface area contributed by atoms with Crippen LogP contribution >= 0.6 is 11.6 Å². The Kier molecular flexibility index (Phi) is 3.50. The molecule has 4 heteroatoms. The Labute approximate surface area is 100 Å². The molecule has 1 aromatic carbocycles. The molecule has 1 aliphatic heterocycles. The molecule has 0 aromatic heterocycles. The van der Waals surface area contributed by atoms with E-state index >= 15 is 0 Å². The van der Waals surface area contributed by atoms with Crippen molar-refractivity contribution in [2.45, 2.75) is 25.2 Å². The molecular weight excluding hydrogens is 226 g/mol. The maximum Gasteiger partial charge on any atom is 0.195 e. The van der Waals surface area contributed by atoms with E-state index in [1.807, 2.05) is 31.2 Å². The first kappa shape index (κ1) is 11.9. The first-order valence-electron chi connectivity index (χ1n) is 5.48. The average Bonchev–Trinajstić information content (AvgIpc) is 2.75. The molecule has 1 saturated heterocycles. The predicted molar refractivity (Wildman–Crippen MR) is 63.3 cm³/mol. The van der Waals surface area contributed by atoms with Gasteiger partial charge in [-0.15, -0.1) is 0 Å². The van der Waals surface area contributed by atoms with Crippen LogP contribution in [0.4, 0.5) is 0 Å². The molecular formula is C12H16ClNO2. The van der Waals surface area contributed by atoms with E-state index in [0.29, 0.717) is 18.2 Å². The van der Waals surface area contributed by atoms with Crippen molar-refractivity contribution in [1.29, 1.82) is 0 Å². The van der Waals surface area contributed by atoms with Crippen LogP contribution in [0.1, 0.15) is 18.9 Å². The van der Waals surface area contributed by atoms with Gasteiger partial charge < -0.3 is 15.2 Å². The molecule has 2 N–H and O–H groups in total. The third kappa shape index (κ3) is 2.09. The van der Waals surface area contributed by atoms with Crippen molar-refractivity contribution in [2.24, 2.45) is 5.73 Å². The SMILES string of the molecule is CCC1(c2ccc(Cl)cc2)OCC(CN)O1. The van der Waals surface area contributed by atoms with Crippen molar-refractivity contribution in [2.75, 3.05) is 13.2 Å². The van der Waals surface area contributed by atoms with Crippen molar-refractivity contribution >= 4 is 11.6 Å². The molecule has 1 heterocycles. The molecule has 0 aliphatic carbocycles. The summed E-state index contributed by atoms with van der Waals surface area (Å²) in [4.78, 5) is 0. The lowest BCUT2D eigenvalue weighted by Crippen LogP contribution is -2.29. The van der Waals surface area contributed by atoms with Gasteiger partial charge in [0.05, 0.1) is 12.7 Å². The number of hydrogen-bond donors (Lipinski definition) is 1. The zero-order valence-corrected chi connectivity index (χ0v) is 10.0. The van der Waals surface area contributed by atoms with Crippen molar-refractivity contribution < 1.29 is 9.47 Å². The maximum atomic E-state index is 5.88. The molecule has 2 rings (SSSR count). The first-order chi connectivity index (χ1) is 7.70. The second-order valence-electron chi connectivity index (χ2n) is 3.90. The van der Waals surface area contributed by atoms with Gasteiger partial charge in [-0.2, -0.15) is 0 Å². The Morgan fingerprint density at radius 3 is 2.62 bits per heavy atom. The van der Waals surface area contributed by atoms with E-state index in [9.17, 15) is 0 Å². The van der Waals surface area contributed by atoms with Gasteiger partial charge in [0.2, 0.25) is 0 Å². The molecule has 2 unspecified atom stereocenters. The Morgan fingerprint density at radius 1 is 1.44 bits per heavy atom. The fraction of sp³-hybridized carbons (Fsp3) is 0.500. The number of rotatable bonds is 3. The second-order valence-corrected chi connectivity index (χ2v) is 4.34. The number of halogens is 1. The van der Waals surface area contributed by atoms with Gasteiger partial charge in [-0.1, -0.05) is 30.7 Å². The number of hydrogen-bond acceptors (Lipinski definition) is 3. The molecule has 1 fully saturated rings. The minimum Gasteiger partial charge on any atom is -0.343 e. The minimum atomic E-state index is -0.644. The molecule has 0 spiro atoms. The summed E-state index contributed by atoms with van der Waals surface area (Å²) in [6, 6.07) is 7.56. The second kappa shape index (κ2) is 4.72. The van der Waals surface area contributed by atoms with Crippen LogP contribution in [-0.2, 0) is 15.3 Å². The zero-order chi connectivity index (χ0) is 11.6. The lowest BCUT2D eigenvalue weighted by Gasteiger charge is -2.27. The standard InChI is InChI=1S/C12H16ClNO2/c1-2-12(15-8-11(7-14)16-12)9-3-5-10(13)6-4-9/h3-6,11H,2,7-8,14H2,1H3. The van der Waals surface area contributed by atoms with E-state index in [0.717, 1.165) is 12.0 Å². The van der Waals surface area contributed by atoms with Crippen molar-refractivity contribution in [1.82, 2.24) is 0 Å². The van der Waals surface area contributed by atoms with Crippen LogP contribution in [0.3, 0.4) is 0 Å². The van der Waals surface area contributed by atoms with E-state index in [1.165, 1.54) is 0 Å². The van der Waals surface area contributed by atoms with Gasteiger partial charge in [-0.05, 0) is 12.1 Å². The molecule has 0 radical (unpaired) electrons. The summed E-state index contributed by atoms with van der Waals surface area (Å²) in [6.07, 6.45) is 0.737. The number of benzene rings is 1. The largest absolute Gasteiger partial charge is 0.343 e. The van der Waals surface area contributed by atoms with Crippen LogP contribution in [0.25, 0.3) is 0 Å². The molecule has 1 aliphatic rings. The van der Waals surface area contributed by atoms with Gasteiger partial charge >= 0.3 is 0 Å². The average molecular weight is 242 g/mol. The Hall–Kier alpha value is -0.610. The highest BCUT2D eigenvalue weighted by Gasteiger charge is 2.41. The smallest absolute Gasteiger partial charge is 0.195 e.